The number of carbonyl (C=O) groups excluding carboxylic acids is 1. The Morgan fingerprint density at radius 2 is 2.09 bits per heavy atom. The Morgan fingerprint density at radius 3 is 2.68 bits per heavy atom. The van der Waals surface area contributed by atoms with Crippen molar-refractivity contribution in [3.05, 3.63) is 34.6 Å². The highest BCUT2D eigenvalue weighted by Gasteiger charge is 2.29. The summed E-state index contributed by atoms with van der Waals surface area (Å²) in [6.45, 7) is 1.05. The Bertz CT molecular complexity index is 540. The van der Waals surface area contributed by atoms with Crippen LogP contribution in [0.2, 0.25) is 5.02 Å². The maximum Gasteiger partial charge on any atom is 0.305 e. The second kappa shape index (κ2) is 7.56. The average Bonchev–Trinajstić information content (AvgIpc) is 2.47. The van der Waals surface area contributed by atoms with Gasteiger partial charge in [-0.15, -0.1) is 0 Å². The molecule has 1 amide bonds. The van der Waals surface area contributed by atoms with Crippen LogP contribution in [0.4, 0.5) is 4.39 Å². The highest BCUT2D eigenvalue weighted by molar-refractivity contribution is 6.33. The van der Waals surface area contributed by atoms with Crippen molar-refractivity contribution < 1.29 is 23.8 Å². The Hall–Kier alpha value is -1.66. The number of ether oxygens (including phenoxy) is 1. The van der Waals surface area contributed by atoms with Gasteiger partial charge >= 0.3 is 5.97 Å². The predicted molar refractivity (Wildman–Crippen MR) is 78.5 cm³/mol. The zero-order chi connectivity index (χ0) is 16.1. The minimum absolute atomic E-state index is 0.00134. The van der Waals surface area contributed by atoms with Crippen LogP contribution in [0.3, 0.4) is 0 Å². The van der Waals surface area contributed by atoms with Crippen molar-refractivity contribution in [3.63, 3.8) is 0 Å². The number of halogens is 2. The van der Waals surface area contributed by atoms with Crippen LogP contribution >= 0.6 is 11.6 Å². The van der Waals surface area contributed by atoms with E-state index in [0.717, 1.165) is 6.07 Å². The van der Waals surface area contributed by atoms with Crippen molar-refractivity contribution in [2.45, 2.75) is 25.3 Å². The lowest BCUT2D eigenvalue weighted by Gasteiger charge is -2.30. The molecule has 7 heteroatoms. The number of benzene rings is 1. The lowest BCUT2D eigenvalue weighted by molar-refractivity contribution is -0.138. The van der Waals surface area contributed by atoms with Gasteiger partial charge in [-0.2, -0.15) is 0 Å². The Morgan fingerprint density at radius 1 is 1.41 bits per heavy atom. The van der Waals surface area contributed by atoms with Crippen LogP contribution in [0.25, 0.3) is 0 Å². The number of carbonyl (C=O) groups is 2. The normalized spacial score (nSPS) is 17.0. The molecule has 0 saturated carbocycles. The van der Waals surface area contributed by atoms with E-state index in [-0.39, 0.29) is 22.9 Å². The first-order chi connectivity index (χ1) is 10.5. The second-order valence-corrected chi connectivity index (χ2v) is 5.63. The van der Waals surface area contributed by atoms with Gasteiger partial charge in [0, 0.05) is 19.3 Å². The van der Waals surface area contributed by atoms with E-state index in [4.69, 9.17) is 21.4 Å². The molecule has 1 unspecified atom stereocenters. The summed E-state index contributed by atoms with van der Waals surface area (Å²) in [5, 5.41) is 11.6. The molecule has 5 nitrogen and oxygen atoms in total. The highest BCUT2D eigenvalue weighted by Crippen LogP contribution is 2.23. The van der Waals surface area contributed by atoms with E-state index in [0.29, 0.717) is 26.1 Å². The second-order valence-electron chi connectivity index (χ2n) is 5.22. The van der Waals surface area contributed by atoms with E-state index in [9.17, 15) is 14.0 Å². The number of aliphatic carboxylic acids is 1. The maximum atomic E-state index is 13.8. The van der Waals surface area contributed by atoms with E-state index in [1.807, 2.05) is 0 Å². The number of carboxylic acid groups (broad SMARTS) is 1. The number of rotatable bonds is 5. The van der Waals surface area contributed by atoms with Gasteiger partial charge in [-0.25, -0.2) is 4.39 Å². The Kier molecular flexibility index (Phi) is 5.74. The van der Waals surface area contributed by atoms with Crippen LogP contribution in [0.15, 0.2) is 18.2 Å². The fraction of sp³-hybridized carbons (Fsp3) is 0.467. The minimum Gasteiger partial charge on any atom is -0.481 e. The van der Waals surface area contributed by atoms with Gasteiger partial charge in [0.2, 0.25) is 0 Å². The Balaban J connectivity index is 2.15. The zero-order valence-electron chi connectivity index (χ0n) is 11.9. The average molecular weight is 330 g/mol. The van der Waals surface area contributed by atoms with E-state index >= 15 is 0 Å². The summed E-state index contributed by atoms with van der Waals surface area (Å²) in [6, 6.07) is 3.38. The summed E-state index contributed by atoms with van der Waals surface area (Å²) in [7, 11) is 0. The summed E-state index contributed by atoms with van der Waals surface area (Å²) >= 11 is 5.86. The van der Waals surface area contributed by atoms with Crippen LogP contribution < -0.4 is 5.32 Å². The summed E-state index contributed by atoms with van der Waals surface area (Å²) < 4.78 is 19.0. The molecule has 0 radical (unpaired) electrons. The van der Waals surface area contributed by atoms with Crippen LogP contribution in [0.5, 0.6) is 0 Å². The molecular weight excluding hydrogens is 313 g/mol. The van der Waals surface area contributed by atoms with E-state index in [1.165, 1.54) is 12.1 Å². The molecule has 22 heavy (non-hydrogen) atoms. The minimum atomic E-state index is -1.02. The smallest absolute Gasteiger partial charge is 0.305 e. The molecule has 1 saturated heterocycles. The summed E-state index contributed by atoms with van der Waals surface area (Å²) in [6.07, 6.45) is 1.09. The molecule has 1 fully saturated rings. The summed E-state index contributed by atoms with van der Waals surface area (Å²) in [5.74, 6) is -2.46. The number of hydrogen-bond donors (Lipinski definition) is 2. The van der Waals surface area contributed by atoms with Gasteiger partial charge in [-0.3, -0.25) is 9.59 Å². The van der Waals surface area contributed by atoms with Gasteiger partial charge in [-0.05, 0) is 30.9 Å². The molecular formula is C15H17ClFNO4. The number of nitrogens with one attached hydrogen (secondary N) is 1. The SMILES string of the molecule is O=C(O)CC(NC(=O)c1c(F)cccc1Cl)C1CCOCC1. The molecule has 0 bridgehead atoms. The number of carboxylic acids is 1. The molecule has 0 spiro atoms. The van der Waals surface area contributed by atoms with Crippen molar-refractivity contribution in [3.8, 4) is 0 Å². The molecule has 1 aliphatic rings. The molecule has 1 atom stereocenters. The molecule has 0 aromatic heterocycles. The number of hydrogen-bond acceptors (Lipinski definition) is 3. The van der Waals surface area contributed by atoms with E-state index in [1.54, 1.807) is 0 Å². The molecule has 1 aromatic rings. The van der Waals surface area contributed by atoms with Crippen molar-refractivity contribution >= 4 is 23.5 Å². The first-order valence-electron chi connectivity index (χ1n) is 7.03. The quantitative estimate of drug-likeness (QED) is 0.870. The van der Waals surface area contributed by atoms with E-state index < -0.39 is 23.7 Å². The lowest BCUT2D eigenvalue weighted by Crippen LogP contribution is -2.44. The van der Waals surface area contributed by atoms with Crippen molar-refractivity contribution in [1.82, 2.24) is 5.32 Å². The molecule has 1 aliphatic heterocycles. The van der Waals surface area contributed by atoms with E-state index in [2.05, 4.69) is 5.32 Å². The van der Waals surface area contributed by atoms with Gasteiger partial charge in [0.05, 0.1) is 17.0 Å². The third-order valence-electron chi connectivity index (χ3n) is 3.74. The number of amides is 1. The van der Waals surface area contributed by atoms with Crippen molar-refractivity contribution in [2.24, 2.45) is 5.92 Å². The van der Waals surface area contributed by atoms with Crippen LogP contribution in [0, 0.1) is 11.7 Å². The molecule has 2 rings (SSSR count). The first-order valence-corrected chi connectivity index (χ1v) is 7.41. The van der Waals surface area contributed by atoms with Crippen LogP contribution in [-0.2, 0) is 9.53 Å². The van der Waals surface area contributed by atoms with Crippen molar-refractivity contribution in [1.29, 1.82) is 0 Å². The standard InChI is InChI=1S/C15H17ClFNO4/c16-10-2-1-3-11(17)14(10)15(21)18-12(8-13(19)20)9-4-6-22-7-5-9/h1-3,9,12H,4-8H2,(H,18,21)(H,19,20). The molecule has 2 N–H and O–H groups in total. The summed E-state index contributed by atoms with van der Waals surface area (Å²) in [5.41, 5.74) is -0.258. The largest absolute Gasteiger partial charge is 0.481 e. The van der Waals surface area contributed by atoms with Gasteiger partial charge < -0.3 is 15.2 Å². The van der Waals surface area contributed by atoms with Gasteiger partial charge in [-0.1, -0.05) is 17.7 Å². The van der Waals surface area contributed by atoms with Gasteiger partial charge in [0.1, 0.15) is 5.82 Å². The molecule has 120 valence electrons. The topological polar surface area (TPSA) is 75.6 Å². The summed E-state index contributed by atoms with van der Waals surface area (Å²) in [4.78, 5) is 23.3. The highest BCUT2D eigenvalue weighted by atomic mass is 35.5. The fourth-order valence-electron chi connectivity index (χ4n) is 2.60. The van der Waals surface area contributed by atoms with Gasteiger partial charge in [0.15, 0.2) is 0 Å². The zero-order valence-corrected chi connectivity index (χ0v) is 12.6. The van der Waals surface area contributed by atoms with Crippen LogP contribution in [-0.4, -0.2) is 36.2 Å². The monoisotopic (exact) mass is 329 g/mol. The lowest BCUT2D eigenvalue weighted by atomic mass is 9.89. The Labute approximate surface area is 132 Å². The van der Waals surface area contributed by atoms with Crippen LogP contribution in [0.1, 0.15) is 29.6 Å². The molecule has 1 aromatic carbocycles. The maximum absolute atomic E-state index is 13.8. The predicted octanol–water partition coefficient (Wildman–Crippen LogP) is 2.48. The molecule has 0 aliphatic carbocycles. The fourth-order valence-corrected chi connectivity index (χ4v) is 2.85. The molecule has 1 heterocycles. The van der Waals surface area contributed by atoms with Crippen molar-refractivity contribution in [2.75, 3.05) is 13.2 Å². The first kappa shape index (κ1) is 16.7. The van der Waals surface area contributed by atoms with Gasteiger partial charge in [0.25, 0.3) is 5.91 Å². The third-order valence-corrected chi connectivity index (χ3v) is 4.05. The third kappa shape index (κ3) is 4.18.